The van der Waals surface area contributed by atoms with E-state index in [0.717, 1.165) is 4.90 Å². The van der Waals surface area contributed by atoms with Gasteiger partial charge in [0.1, 0.15) is 5.75 Å². The number of carbonyl (C=O) groups is 2. The normalized spacial score (nSPS) is 14.4. The summed E-state index contributed by atoms with van der Waals surface area (Å²) in [6, 6.07) is 17.7. The molecule has 0 spiro atoms. The Bertz CT molecular complexity index is 677. The number of nitrogens with zero attached hydrogens (tertiary/aromatic N) is 1. The van der Waals surface area contributed by atoms with Crippen molar-refractivity contribution in [3.63, 3.8) is 0 Å². The minimum absolute atomic E-state index is 0.0325. The first-order valence-corrected chi connectivity index (χ1v) is 6.14. The predicted molar refractivity (Wildman–Crippen MR) is 74.1 cm³/mol. The van der Waals surface area contributed by atoms with Crippen LogP contribution in [0.25, 0.3) is 0 Å². The zero-order valence-electron chi connectivity index (χ0n) is 10.5. The van der Waals surface area contributed by atoms with Gasteiger partial charge < -0.3 is 4.74 Å². The van der Waals surface area contributed by atoms with Crippen LogP contribution in [-0.2, 0) is 9.59 Å². The molecule has 2 aromatic carbocycles. The summed E-state index contributed by atoms with van der Waals surface area (Å²) in [7, 11) is 0. The first kappa shape index (κ1) is 12.2. The molecule has 98 valence electrons. The minimum atomic E-state index is -0.454. The number of hydrogen-bond acceptors (Lipinski definition) is 3. The molecule has 4 heteroatoms. The second kappa shape index (κ2) is 5.01. The zero-order chi connectivity index (χ0) is 13.9. The summed E-state index contributed by atoms with van der Waals surface area (Å²) < 4.78 is 5.46. The van der Waals surface area contributed by atoms with E-state index in [0.29, 0.717) is 11.4 Å². The maximum absolute atomic E-state index is 12.2. The molecular formula is C16H11NO3. The van der Waals surface area contributed by atoms with Gasteiger partial charge in [-0.25, -0.2) is 4.90 Å². The molecule has 0 saturated heterocycles. The minimum Gasteiger partial charge on any atom is -0.451 e. The highest BCUT2D eigenvalue weighted by Crippen LogP contribution is 2.24. The number of rotatable bonds is 3. The van der Waals surface area contributed by atoms with Crippen LogP contribution in [0.2, 0.25) is 0 Å². The lowest BCUT2D eigenvalue weighted by atomic mass is 10.3. The van der Waals surface area contributed by atoms with Gasteiger partial charge in [-0.3, -0.25) is 9.59 Å². The van der Waals surface area contributed by atoms with Crippen LogP contribution in [0.3, 0.4) is 0 Å². The Balaban J connectivity index is 1.84. The maximum atomic E-state index is 12.2. The summed E-state index contributed by atoms with van der Waals surface area (Å²) in [5.41, 5.74) is 0.533. The fourth-order valence-electron chi connectivity index (χ4n) is 1.96. The van der Waals surface area contributed by atoms with Gasteiger partial charge in [0, 0.05) is 0 Å². The molecule has 1 aliphatic heterocycles. The van der Waals surface area contributed by atoms with E-state index in [-0.39, 0.29) is 5.76 Å². The Labute approximate surface area is 115 Å². The Kier molecular flexibility index (Phi) is 3.05. The molecule has 0 N–H and O–H groups in total. The molecule has 0 bridgehead atoms. The molecule has 4 nitrogen and oxygen atoms in total. The standard InChI is InChI=1S/C16H11NO3/c18-15-11-14(20-13-9-5-2-6-10-13)16(19)17(15)12-7-3-1-4-8-12/h1-11H. The van der Waals surface area contributed by atoms with Crippen LogP contribution in [-0.4, -0.2) is 11.8 Å². The molecule has 2 aromatic rings. The molecule has 2 amide bonds. The Morgan fingerprint density at radius 3 is 2.05 bits per heavy atom. The van der Waals surface area contributed by atoms with Gasteiger partial charge >= 0.3 is 5.91 Å². The Hall–Kier alpha value is -2.88. The lowest BCUT2D eigenvalue weighted by Gasteiger charge is -2.14. The maximum Gasteiger partial charge on any atom is 0.301 e. The molecule has 0 unspecified atom stereocenters. The number of benzene rings is 2. The lowest BCUT2D eigenvalue weighted by Crippen LogP contribution is -2.31. The second-order valence-electron chi connectivity index (χ2n) is 4.24. The van der Waals surface area contributed by atoms with Gasteiger partial charge in [-0.15, -0.1) is 0 Å². The zero-order valence-corrected chi connectivity index (χ0v) is 10.5. The van der Waals surface area contributed by atoms with Crippen LogP contribution in [0.4, 0.5) is 5.69 Å². The van der Waals surface area contributed by atoms with Crippen LogP contribution < -0.4 is 9.64 Å². The third-order valence-corrected chi connectivity index (χ3v) is 2.87. The molecule has 0 saturated carbocycles. The van der Waals surface area contributed by atoms with Crippen molar-refractivity contribution < 1.29 is 14.3 Å². The fraction of sp³-hybridized carbons (Fsp3) is 0. The molecule has 3 rings (SSSR count). The lowest BCUT2D eigenvalue weighted by molar-refractivity contribution is -0.121. The van der Waals surface area contributed by atoms with Gasteiger partial charge in [-0.2, -0.15) is 0 Å². The van der Waals surface area contributed by atoms with Gasteiger partial charge in [0.2, 0.25) is 0 Å². The number of hydrogen-bond donors (Lipinski definition) is 0. The summed E-state index contributed by atoms with van der Waals surface area (Å²) >= 11 is 0. The molecule has 0 aliphatic carbocycles. The topological polar surface area (TPSA) is 46.6 Å². The van der Waals surface area contributed by atoms with E-state index in [1.54, 1.807) is 48.5 Å². The molecule has 20 heavy (non-hydrogen) atoms. The summed E-state index contributed by atoms with van der Waals surface area (Å²) in [6.07, 6.45) is 1.21. The van der Waals surface area contributed by atoms with E-state index in [1.807, 2.05) is 12.1 Å². The Morgan fingerprint density at radius 1 is 0.800 bits per heavy atom. The SMILES string of the molecule is O=C1C=C(Oc2ccccc2)C(=O)N1c1ccccc1. The van der Waals surface area contributed by atoms with E-state index < -0.39 is 11.8 Å². The van der Waals surface area contributed by atoms with Crippen LogP contribution in [0, 0.1) is 0 Å². The van der Waals surface area contributed by atoms with E-state index in [4.69, 9.17) is 4.74 Å². The van der Waals surface area contributed by atoms with Crippen LogP contribution >= 0.6 is 0 Å². The molecule has 0 radical (unpaired) electrons. The van der Waals surface area contributed by atoms with Gasteiger partial charge in [-0.05, 0) is 24.3 Å². The fourth-order valence-corrected chi connectivity index (χ4v) is 1.96. The van der Waals surface area contributed by atoms with E-state index >= 15 is 0 Å². The van der Waals surface area contributed by atoms with Gasteiger partial charge in [0.05, 0.1) is 11.8 Å². The smallest absolute Gasteiger partial charge is 0.301 e. The highest BCUT2D eigenvalue weighted by atomic mass is 16.5. The third kappa shape index (κ3) is 2.19. The first-order chi connectivity index (χ1) is 9.75. The van der Waals surface area contributed by atoms with Gasteiger partial charge in [0.25, 0.3) is 5.91 Å². The van der Waals surface area contributed by atoms with Crippen LogP contribution in [0.5, 0.6) is 5.75 Å². The summed E-state index contributed by atoms with van der Waals surface area (Å²) in [5.74, 6) is -0.294. The largest absolute Gasteiger partial charge is 0.451 e. The van der Waals surface area contributed by atoms with Gasteiger partial charge in [-0.1, -0.05) is 36.4 Å². The van der Waals surface area contributed by atoms with Crippen molar-refractivity contribution in [2.45, 2.75) is 0 Å². The van der Waals surface area contributed by atoms with Crippen LogP contribution in [0.1, 0.15) is 0 Å². The highest BCUT2D eigenvalue weighted by Gasteiger charge is 2.34. The number of amides is 2. The van der Waals surface area contributed by atoms with Crippen molar-refractivity contribution in [3.8, 4) is 5.75 Å². The molecule has 0 aromatic heterocycles. The predicted octanol–water partition coefficient (Wildman–Crippen LogP) is 2.52. The number of para-hydroxylation sites is 2. The van der Waals surface area contributed by atoms with Crippen molar-refractivity contribution in [2.75, 3.05) is 4.90 Å². The van der Waals surface area contributed by atoms with Gasteiger partial charge in [0.15, 0.2) is 5.76 Å². The summed E-state index contributed by atoms with van der Waals surface area (Å²) in [6.45, 7) is 0. The molecule has 1 heterocycles. The molecule has 0 fully saturated rings. The van der Waals surface area contributed by atoms with Crippen molar-refractivity contribution in [3.05, 3.63) is 72.5 Å². The highest BCUT2D eigenvalue weighted by molar-refractivity contribution is 6.29. The monoisotopic (exact) mass is 265 g/mol. The van der Waals surface area contributed by atoms with Crippen molar-refractivity contribution in [1.29, 1.82) is 0 Å². The van der Waals surface area contributed by atoms with E-state index in [1.165, 1.54) is 6.08 Å². The van der Waals surface area contributed by atoms with Crippen LogP contribution in [0.15, 0.2) is 72.5 Å². The third-order valence-electron chi connectivity index (χ3n) is 2.87. The summed E-state index contributed by atoms with van der Waals surface area (Å²) in [5, 5.41) is 0. The van der Waals surface area contributed by atoms with Crippen molar-refractivity contribution in [2.24, 2.45) is 0 Å². The number of anilines is 1. The molecular weight excluding hydrogens is 254 g/mol. The van der Waals surface area contributed by atoms with E-state index in [9.17, 15) is 9.59 Å². The summed E-state index contributed by atoms with van der Waals surface area (Å²) in [4.78, 5) is 25.3. The average Bonchev–Trinajstić information content (AvgIpc) is 2.75. The van der Waals surface area contributed by atoms with Crippen molar-refractivity contribution >= 4 is 17.5 Å². The Morgan fingerprint density at radius 2 is 1.40 bits per heavy atom. The number of ether oxygens (including phenoxy) is 1. The quantitative estimate of drug-likeness (QED) is 0.801. The number of carbonyl (C=O) groups excluding carboxylic acids is 2. The second-order valence-corrected chi connectivity index (χ2v) is 4.24. The average molecular weight is 265 g/mol. The van der Waals surface area contributed by atoms with E-state index in [2.05, 4.69) is 0 Å². The first-order valence-electron chi connectivity index (χ1n) is 6.14. The number of imide groups is 1. The molecule has 1 aliphatic rings. The molecule has 0 atom stereocenters. The van der Waals surface area contributed by atoms with Crippen molar-refractivity contribution in [1.82, 2.24) is 0 Å².